The van der Waals surface area contributed by atoms with Gasteiger partial charge in [0.05, 0.1) is 11.7 Å². The van der Waals surface area contributed by atoms with Gasteiger partial charge in [-0.25, -0.2) is 0 Å². The van der Waals surface area contributed by atoms with Gasteiger partial charge in [0.25, 0.3) is 5.91 Å². The van der Waals surface area contributed by atoms with Crippen molar-refractivity contribution in [2.24, 2.45) is 0 Å². The van der Waals surface area contributed by atoms with E-state index in [1.165, 1.54) is 0 Å². The topological polar surface area (TPSA) is 67.2 Å². The van der Waals surface area contributed by atoms with Crippen LogP contribution in [-0.2, 0) is 0 Å². The maximum Gasteiger partial charge on any atom is 0.252 e. The lowest BCUT2D eigenvalue weighted by Gasteiger charge is -2.15. The van der Waals surface area contributed by atoms with Gasteiger partial charge in [-0.1, -0.05) is 5.16 Å². The van der Waals surface area contributed by atoms with Gasteiger partial charge in [-0.3, -0.25) is 4.79 Å². The third-order valence-corrected chi connectivity index (χ3v) is 3.63. The number of benzene rings is 1. The van der Waals surface area contributed by atoms with Crippen LogP contribution in [0.4, 0.5) is 5.69 Å². The predicted molar refractivity (Wildman–Crippen MR) is 82.6 cm³/mol. The first kappa shape index (κ1) is 15.1. The lowest BCUT2D eigenvalue weighted by atomic mass is 10.0. The van der Waals surface area contributed by atoms with Crippen LogP contribution in [0.3, 0.4) is 0 Å². The molecular formula is C16H21N3O2. The summed E-state index contributed by atoms with van der Waals surface area (Å²) >= 11 is 0. The van der Waals surface area contributed by atoms with Crippen LogP contribution in [0.25, 0.3) is 0 Å². The molecule has 0 aliphatic rings. The first-order valence-corrected chi connectivity index (χ1v) is 6.96. The summed E-state index contributed by atoms with van der Waals surface area (Å²) in [5.41, 5.74) is 4.34. The SMILES string of the molecule is CNc1ccc(C(=O)NC(C)c2c(C)noc2C)c(C)c1. The number of carbonyl (C=O) groups is 1. The number of hydrogen-bond acceptors (Lipinski definition) is 4. The van der Waals surface area contributed by atoms with E-state index in [9.17, 15) is 4.79 Å². The van der Waals surface area contributed by atoms with Gasteiger partial charge in [-0.05, 0) is 51.5 Å². The number of hydrogen-bond donors (Lipinski definition) is 2. The molecule has 1 atom stereocenters. The minimum Gasteiger partial charge on any atom is -0.388 e. The van der Waals surface area contributed by atoms with E-state index < -0.39 is 0 Å². The van der Waals surface area contributed by atoms with Crippen LogP contribution in [0.15, 0.2) is 22.7 Å². The monoisotopic (exact) mass is 287 g/mol. The summed E-state index contributed by atoms with van der Waals surface area (Å²) in [4.78, 5) is 12.4. The first-order chi connectivity index (χ1) is 9.93. The number of carbonyl (C=O) groups excluding carboxylic acids is 1. The first-order valence-electron chi connectivity index (χ1n) is 6.96. The van der Waals surface area contributed by atoms with Crippen LogP contribution < -0.4 is 10.6 Å². The molecule has 2 rings (SSSR count). The molecule has 0 saturated heterocycles. The summed E-state index contributed by atoms with van der Waals surface area (Å²) in [6, 6.07) is 5.53. The van der Waals surface area contributed by atoms with Gasteiger partial charge in [-0.2, -0.15) is 0 Å². The fraction of sp³-hybridized carbons (Fsp3) is 0.375. The molecule has 0 fully saturated rings. The molecule has 1 amide bonds. The third kappa shape index (κ3) is 3.07. The van der Waals surface area contributed by atoms with Crippen LogP contribution in [-0.4, -0.2) is 18.1 Å². The Morgan fingerprint density at radius 2 is 2.00 bits per heavy atom. The Labute approximate surface area is 124 Å². The van der Waals surface area contributed by atoms with Gasteiger partial charge < -0.3 is 15.2 Å². The largest absolute Gasteiger partial charge is 0.388 e. The number of aromatic nitrogens is 1. The molecule has 1 aromatic heterocycles. The molecule has 1 unspecified atom stereocenters. The maximum atomic E-state index is 12.4. The number of nitrogens with zero attached hydrogens (tertiary/aromatic N) is 1. The highest BCUT2D eigenvalue weighted by atomic mass is 16.5. The van der Waals surface area contributed by atoms with Crippen molar-refractivity contribution >= 4 is 11.6 Å². The Kier molecular flexibility index (Phi) is 4.31. The molecule has 0 saturated carbocycles. The van der Waals surface area contributed by atoms with Crippen molar-refractivity contribution in [1.29, 1.82) is 0 Å². The van der Waals surface area contributed by atoms with Gasteiger partial charge in [0, 0.05) is 23.9 Å². The molecule has 0 radical (unpaired) electrons. The van der Waals surface area contributed by atoms with Gasteiger partial charge in [0.15, 0.2) is 0 Å². The zero-order chi connectivity index (χ0) is 15.6. The normalized spacial score (nSPS) is 12.0. The van der Waals surface area contributed by atoms with Crippen LogP contribution in [0.1, 0.15) is 45.9 Å². The Balaban J connectivity index is 2.18. The molecule has 112 valence electrons. The molecule has 1 aromatic carbocycles. The standard InChI is InChI=1S/C16H21N3O2/c1-9-8-13(17-5)6-7-14(9)16(20)18-10(2)15-11(3)19-21-12(15)4/h6-8,10,17H,1-5H3,(H,18,20). The highest BCUT2D eigenvalue weighted by Crippen LogP contribution is 2.22. The number of nitrogens with one attached hydrogen (secondary N) is 2. The average Bonchev–Trinajstić information content (AvgIpc) is 2.77. The molecule has 2 aromatic rings. The minimum absolute atomic E-state index is 0.0948. The Hall–Kier alpha value is -2.30. The highest BCUT2D eigenvalue weighted by Gasteiger charge is 2.19. The molecule has 5 heteroatoms. The Morgan fingerprint density at radius 1 is 1.29 bits per heavy atom. The number of aryl methyl sites for hydroxylation is 3. The van der Waals surface area contributed by atoms with Crippen LogP contribution in [0.2, 0.25) is 0 Å². The summed E-state index contributed by atoms with van der Waals surface area (Å²) < 4.78 is 5.15. The van der Waals surface area contributed by atoms with Crippen molar-refractivity contribution in [3.63, 3.8) is 0 Å². The number of rotatable bonds is 4. The smallest absolute Gasteiger partial charge is 0.252 e. The van der Waals surface area contributed by atoms with Gasteiger partial charge in [0.2, 0.25) is 0 Å². The summed E-state index contributed by atoms with van der Waals surface area (Å²) in [5.74, 6) is 0.644. The van der Waals surface area contributed by atoms with Crippen LogP contribution >= 0.6 is 0 Å². The van der Waals surface area contributed by atoms with Crippen molar-refractivity contribution in [1.82, 2.24) is 10.5 Å². The highest BCUT2D eigenvalue weighted by molar-refractivity contribution is 5.96. The fourth-order valence-electron chi connectivity index (χ4n) is 2.53. The molecule has 0 bridgehead atoms. The molecule has 1 heterocycles. The zero-order valence-corrected chi connectivity index (χ0v) is 13.1. The van der Waals surface area contributed by atoms with E-state index in [1.807, 2.05) is 52.9 Å². The Bertz CT molecular complexity index is 642. The fourth-order valence-corrected chi connectivity index (χ4v) is 2.53. The van der Waals surface area contributed by atoms with Crippen molar-refractivity contribution in [3.05, 3.63) is 46.3 Å². The van der Waals surface area contributed by atoms with Crippen LogP contribution in [0, 0.1) is 20.8 Å². The van der Waals surface area contributed by atoms with Crippen molar-refractivity contribution in [2.75, 3.05) is 12.4 Å². The summed E-state index contributed by atoms with van der Waals surface area (Å²) in [6.07, 6.45) is 0. The van der Waals surface area contributed by atoms with E-state index >= 15 is 0 Å². The second-order valence-corrected chi connectivity index (χ2v) is 5.21. The third-order valence-electron chi connectivity index (χ3n) is 3.63. The van der Waals surface area contributed by atoms with Crippen LogP contribution in [0.5, 0.6) is 0 Å². The van der Waals surface area contributed by atoms with E-state index in [-0.39, 0.29) is 11.9 Å². The molecule has 0 aliphatic carbocycles. The summed E-state index contributed by atoms with van der Waals surface area (Å²) in [5, 5.41) is 9.98. The second kappa shape index (κ2) is 5.99. The molecule has 0 spiro atoms. The van der Waals surface area contributed by atoms with E-state index in [0.29, 0.717) is 5.56 Å². The molecule has 21 heavy (non-hydrogen) atoms. The number of anilines is 1. The lowest BCUT2D eigenvalue weighted by Crippen LogP contribution is -2.27. The summed E-state index contributed by atoms with van der Waals surface area (Å²) in [7, 11) is 1.86. The Morgan fingerprint density at radius 3 is 2.52 bits per heavy atom. The van der Waals surface area contributed by atoms with E-state index in [4.69, 9.17) is 4.52 Å². The van der Waals surface area contributed by atoms with E-state index in [1.54, 1.807) is 0 Å². The van der Waals surface area contributed by atoms with Gasteiger partial charge in [0.1, 0.15) is 5.76 Å². The van der Waals surface area contributed by atoms with Gasteiger partial charge in [-0.15, -0.1) is 0 Å². The zero-order valence-electron chi connectivity index (χ0n) is 13.1. The van der Waals surface area contributed by atoms with Crippen molar-refractivity contribution in [2.45, 2.75) is 33.7 Å². The van der Waals surface area contributed by atoms with Crippen molar-refractivity contribution in [3.8, 4) is 0 Å². The van der Waals surface area contributed by atoms with Crippen molar-refractivity contribution < 1.29 is 9.32 Å². The average molecular weight is 287 g/mol. The minimum atomic E-state index is -0.146. The quantitative estimate of drug-likeness (QED) is 0.906. The van der Waals surface area contributed by atoms with E-state index in [2.05, 4.69) is 15.8 Å². The van der Waals surface area contributed by atoms with Gasteiger partial charge >= 0.3 is 0 Å². The lowest BCUT2D eigenvalue weighted by molar-refractivity contribution is 0.0939. The summed E-state index contributed by atoms with van der Waals surface area (Å²) in [6.45, 7) is 7.59. The molecule has 5 nitrogen and oxygen atoms in total. The predicted octanol–water partition coefficient (Wildman–Crippen LogP) is 3.13. The second-order valence-electron chi connectivity index (χ2n) is 5.21. The number of amides is 1. The molecular weight excluding hydrogens is 266 g/mol. The maximum absolute atomic E-state index is 12.4. The van der Waals surface area contributed by atoms with E-state index in [0.717, 1.165) is 28.3 Å². The molecule has 2 N–H and O–H groups in total. The molecule has 0 aliphatic heterocycles.